The number of phenolic OH excluding ortho intramolecular Hbond substituents is 1. The fraction of sp³-hybridized carbons (Fsp3) is 0.368. The number of hydrogen-bond donors (Lipinski definition) is 1. The topological polar surface area (TPSA) is 75.8 Å². The van der Waals surface area contributed by atoms with Gasteiger partial charge < -0.3 is 14.7 Å². The molecule has 0 aromatic heterocycles. The normalized spacial score (nSPS) is 20.0. The van der Waals surface area contributed by atoms with E-state index < -0.39 is 4.92 Å². The number of para-hydroxylation sites is 1. The minimum atomic E-state index is -0.489. The van der Waals surface area contributed by atoms with Crippen LogP contribution in [0.15, 0.2) is 30.3 Å². The second-order valence-corrected chi connectivity index (χ2v) is 6.77. The van der Waals surface area contributed by atoms with Gasteiger partial charge in [-0.25, -0.2) is 0 Å². The van der Waals surface area contributed by atoms with Gasteiger partial charge in [0.25, 0.3) is 1.43 Å². The van der Waals surface area contributed by atoms with Crippen LogP contribution in [-0.4, -0.2) is 43.1 Å². The minimum Gasteiger partial charge on any atom is -0.502 e. The van der Waals surface area contributed by atoms with E-state index in [9.17, 15) is 10.1 Å². The van der Waals surface area contributed by atoms with Gasteiger partial charge >= 0.3 is 5.69 Å². The second-order valence-electron chi connectivity index (χ2n) is 6.77. The van der Waals surface area contributed by atoms with Gasteiger partial charge in [-0.2, -0.15) is 0 Å². The number of aromatic hydroxyl groups is 1. The lowest BCUT2D eigenvalue weighted by atomic mass is 9.86. The van der Waals surface area contributed by atoms with E-state index in [-0.39, 0.29) is 17.4 Å². The third-order valence-corrected chi connectivity index (χ3v) is 5.17. The highest BCUT2D eigenvalue weighted by atomic mass is 16.6. The molecular weight excluding hydrogens is 320 g/mol. The van der Waals surface area contributed by atoms with Gasteiger partial charge in [-0.3, -0.25) is 10.1 Å². The molecule has 2 aliphatic rings. The Kier molecular flexibility index (Phi) is 3.56. The van der Waals surface area contributed by atoms with Crippen molar-refractivity contribution in [1.29, 1.82) is 1.43 Å². The van der Waals surface area contributed by atoms with Crippen molar-refractivity contribution in [3.8, 4) is 11.5 Å². The molecule has 4 rings (SSSR count). The van der Waals surface area contributed by atoms with Crippen molar-refractivity contribution in [3.63, 3.8) is 0 Å². The van der Waals surface area contributed by atoms with Crippen LogP contribution in [0.1, 0.15) is 28.2 Å². The third kappa shape index (κ3) is 2.72. The monoisotopic (exact) mass is 341 g/mol. The smallest absolute Gasteiger partial charge is 0.310 e. The lowest BCUT2D eigenvalue weighted by Crippen LogP contribution is -2.24. The average Bonchev–Trinajstić information content (AvgIpc) is 3.06. The molecule has 1 atom stereocenters. The molecule has 0 fully saturated rings. The second kappa shape index (κ2) is 6.04. The number of ether oxygens (including phenoxy) is 1. The summed E-state index contributed by atoms with van der Waals surface area (Å²) in [4.78, 5) is 13.1. The van der Waals surface area contributed by atoms with Crippen molar-refractivity contribution in [2.45, 2.75) is 18.8 Å². The molecule has 0 radical (unpaired) electrons. The van der Waals surface area contributed by atoms with Crippen LogP contribution in [0.4, 0.5) is 5.69 Å². The number of nitro benzene ring substituents is 1. The van der Waals surface area contributed by atoms with E-state index in [1.807, 2.05) is 6.07 Å². The number of nitrogens with zero attached hydrogens (tertiary/aromatic N) is 2. The Balaban J connectivity index is 1.89. The van der Waals surface area contributed by atoms with E-state index in [0.29, 0.717) is 6.61 Å². The van der Waals surface area contributed by atoms with Crippen LogP contribution in [-0.2, 0) is 12.8 Å². The van der Waals surface area contributed by atoms with Crippen molar-refractivity contribution in [3.05, 3.63) is 62.7 Å². The average molecular weight is 341 g/mol. The third-order valence-electron chi connectivity index (χ3n) is 5.17. The van der Waals surface area contributed by atoms with Gasteiger partial charge in [0, 0.05) is 37.1 Å². The van der Waals surface area contributed by atoms with Crippen LogP contribution in [0.25, 0.3) is 0 Å². The van der Waals surface area contributed by atoms with Crippen LogP contribution in [0.2, 0.25) is 0 Å². The summed E-state index contributed by atoms with van der Waals surface area (Å²) in [5, 5.41) is 15.9. The fourth-order valence-corrected chi connectivity index (χ4v) is 3.90. The molecule has 2 aromatic carbocycles. The standard InChI is InChI=1S/C19H20N2O4/c1-20-7-5-13-9-17(21(23)24)18(22)10-15(13)16(11-20)14-4-2-3-12-6-8-25-19(12)14/h2-4,9-10,16,22H,5-8,11H2,1H3/i/hD. The largest absolute Gasteiger partial charge is 0.502 e. The van der Waals surface area contributed by atoms with Gasteiger partial charge in [-0.15, -0.1) is 0 Å². The molecule has 2 aromatic rings. The van der Waals surface area contributed by atoms with Gasteiger partial charge in [0.15, 0.2) is 5.75 Å². The zero-order valence-corrected chi connectivity index (χ0v) is 14.0. The summed E-state index contributed by atoms with van der Waals surface area (Å²) in [6, 6.07) is 9.43. The zero-order chi connectivity index (χ0) is 18.3. The van der Waals surface area contributed by atoms with Crippen molar-refractivity contribution in [1.82, 2.24) is 4.90 Å². The summed E-state index contributed by atoms with van der Waals surface area (Å²) in [5.41, 5.74) is 4.06. The van der Waals surface area contributed by atoms with E-state index in [4.69, 9.17) is 6.17 Å². The maximum absolute atomic E-state index is 11.3. The van der Waals surface area contributed by atoms with Crippen molar-refractivity contribution < 1.29 is 14.8 Å². The first-order valence-electron chi connectivity index (χ1n) is 8.87. The van der Waals surface area contributed by atoms with Crippen LogP contribution in [0, 0.1) is 10.1 Å². The zero-order valence-electron chi connectivity index (χ0n) is 15.0. The molecule has 2 heterocycles. The Labute approximate surface area is 147 Å². The number of fused-ring (bicyclic) bond motifs is 2. The van der Waals surface area contributed by atoms with Crippen molar-refractivity contribution >= 4 is 5.69 Å². The van der Waals surface area contributed by atoms with Gasteiger partial charge in [0.2, 0.25) is 0 Å². The van der Waals surface area contributed by atoms with E-state index in [0.717, 1.165) is 48.4 Å². The van der Waals surface area contributed by atoms with E-state index >= 15 is 0 Å². The number of hydrogen-bond acceptors (Lipinski definition) is 5. The Bertz CT molecular complexity index is 871. The molecule has 0 saturated carbocycles. The van der Waals surface area contributed by atoms with Gasteiger partial charge in [0.1, 0.15) is 5.75 Å². The lowest BCUT2D eigenvalue weighted by Gasteiger charge is -2.23. The highest BCUT2D eigenvalue weighted by Crippen LogP contribution is 2.42. The van der Waals surface area contributed by atoms with E-state index in [1.54, 1.807) is 12.1 Å². The lowest BCUT2D eigenvalue weighted by molar-refractivity contribution is -0.385. The molecule has 1 unspecified atom stereocenters. The number of nitro groups is 1. The SMILES string of the molecule is [2H]Oc1cc2c(cc1[N+](=O)[O-])CCN(C)CC2c1cccc2c1OCC2. The first-order chi connectivity index (χ1) is 12.6. The van der Waals surface area contributed by atoms with E-state index in [1.165, 1.54) is 5.56 Å². The summed E-state index contributed by atoms with van der Waals surface area (Å²) in [5.74, 6) is 0.933. The predicted molar refractivity (Wildman–Crippen MR) is 93.4 cm³/mol. The predicted octanol–water partition coefficient (Wildman–Crippen LogP) is 2.86. The quantitative estimate of drug-likeness (QED) is 0.686. The maximum Gasteiger partial charge on any atom is 0.310 e. The number of likely N-dealkylation sites (N-methyl/N-ethyl adjacent to an activating group) is 1. The molecule has 6 heteroatoms. The Hall–Kier alpha value is -2.60. The summed E-state index contributed by atoms with van der Waals surface area (Å²) >= 11 is 0. The Morgan fingerprint density at radius 3 is 3.00 bits per heavy atom. The van der Waals surface area contributed by atoms with Crippen molar-refractivity contribution in [2.24, 2.45) is 0 Å². The first-order valence-corrected chi connectivity index (χ1v) is 8.46. The first kappa shape index (κ1) is 14.7. The molecule has 0 aliphatic carbocycles. The number of phenols is 1. The highest BCUT2D eigenvalue weighted by Gasteiger charge is 2.30. The minimum absolute atomic E-state index is 0.0141. The number of rotatable bonds is 3. The Morgan fingerprint density at radius 1 is 1.32 bits per heavy atom. The molecule has 0 saturated heterocycles. The van der Waals surface area contributed by atoms with Crippen molar-refractivity contribution in [2.75, 3.05) is 26.7 Å². The fourth-order valence-electron chi connectivity index (χ4n) is 3.90. The van der Waals surface area contributed by atoms with Crippen LogP contribution < -0.4 is 4.74 Å². The van der Waals surface area contributed by atoms with E-state index in [2.05, 4.69) is 29.2 Å². The molecule has 2 aliphatic heterocycles. The summed E-state index contributed by atoms with van der Waals surface area (Å²) < 4.78 is 13.1. The van der Waals surface area contributed by atoms with Crippen LogP contribution >= 0.6 is 0 Å². The molecule has 25 heavy (non-hydrogen) atoms. The molecule has 130 valence electrons. The summed E-state index contributed by atoms with van der Waals surface area (Å²) in [6.45, 7) is 2.28. The van der Waals surface area contributed by atoms with Gasteiger partial charge in [0.05, 0.1) is 11.5 Å². The molecule has 0 bridgehead atoms. The molecule has 0 amide bonds. The highest BCUT2D eigenvalue weighted by molar-refractivity contribution is 5.57. The van der Waals surface area contributed by atoms with Gasteiger partial charge in [-0.05, 0) is 36.2 Å². The molecular formula is C19H20N2O4. The Morgan fingerprint density at radius 2 is 2.20 bits per heavy atom. The summed E-state index contributed by atoms with van der Waals surface area (Å²) in [7, 11) is 2.05. The molecule has 6 nitrogen and oxygen atoms in total. The number of benzene rings is 2. The van der Waals surface area contributed by atoms with Crippen LogP contribution in [0.3, 0.4) is 0 Å². The molecule has 1 N–H and O–H groups in total. The summed E-state index contributed by atoms with van der Waals surface area (Å²) in [6.07, 6.45) is 1.62. The molecule has 0 spiro atoms. The van der Waals surface area contributed by atoms with Crippen LogP contribution in [0.5, 0.6) is 11.5 Å². The maximum atomic E-state index is 11.3. The van der Waals surface area contributed by atoms with Gasteiger partial charge in [-0.1, -0.05) is 18.2 Å².